The van der Waals surface area contributed by atoms with E-state index in [1.54, 1.807) is 24.4 Å². The molecule has 0 aliphatic carbocycles. The number of aromatic nitrogens is 3. The molecule has 4 aromatic rings. The molecule has 0 saturated carbocycles. The van der Waals surface area contributed by atoms with Gasteiger partial charge in [0, 0.05) is 22.8 Å². The number of nitrogens with two attached hydrogens (primary N) is 1. The van der Waals surface area contributed by atoms with Crippen molar-refractivity contribution in [3.05, 3.63) is 85.1 Å². The maximum absolute atomic E-state index is 11.2. The molecule has 8 heteroatoms. The summed E-state index contributed by atoms with van der Waals surface area (Å²) in [4.78, 5) is 0.0380. The van der Waals surface area contributed by atoms with E-state index in [0.29, 0.717) is 16.9 Å². The van der Waals surface area contributed by atoms with E-state index < -0.39 is 10.0 Å². The Hall–Kier alpha value is -2.51. The summed E-state index contributed by atoms with van der Waals surface area (Å²) in [6.45, 7) is 0. The first kappa shape index (κ1) is 19.8. The van der Waals surface area contributed by atoms with Gasteiger partial charge in [-0.3, -0.25) is 6.20 Å². The number of primary sulfonamides is 1. The zero-order chi connectivity index (χ0) is 17.7. The molecule has 136 valence electrons. The van der Waals surface area contributed by atoms with Gasteiger partial charge in [0.2, 0.25) is 10.0 Å². The minimum atomic E-state index is -3.71. The molecule has 0 bridgehead atoms. The molecule has 4 rings (SSSR count). The van der Waals surface area contributed by atoms with Crippen LogP contribution in [0.25, 0.3) is 16.9 Å². The number of rotatable bonds is 3. The molecule has 0 unspecified atom stereocenters. The molecule has 0 aliphatic rings. The van der Waals surface area contributed by atoms with Crippen LogP contribution in [0.4, 0.5) is 0 Å². The van der Waals surface area contributed by atoms with Gasteiger partial charge in [0.15, 0.2) is 0 Å². The van der Waals surface area contributed by atoms with Crippen molar-refractivity contribution < 1.29 is 25.5 Å². The van der Waals surface area contributed by atoms with Gasteiger partial charge in [0.1, 0.15) is 0 Å². The molecule has 0 amide bonds. The van der Waals surface area contributed by atoms with Crippen LogP contribution in [0, 0.1) is 48.5 Å². The van der Waals surface area contributed by atoms with Crippen LogP contribution in [0.15, 0.2) is 41.4 Å². The summed E-state index contributed by atoms with van der Waals surface area (Å²) in [6.07, 6.45) is 1.55. The molecule has 0 spiro atoms. The molecule has 2 N–H and O–H groups in total. The zero-order valence-electron chi connectivity index (χ0n) is 13.0. The Bertz CT molecular complexity index is 989. The second kappa shape index (κ2) is 8.73. The van der Waals surface area contributed by atoms with Gasteiger partial charge in [-0.2, -0.15) is 0 Å². The van der Waals surface area contributed by atoms with E-state index in [4.69, 9.17) is 5.14 Å². The Kier molecular flexibility index (Phi) is 6.65. The van der Waals surface area contributed by atoms with Crippen molar-refractivity contribution in [3.63, 3.8) is 0 Å². The maximum atomic E-state index is 11.2. The van der Waals surface area contributed by atoms with Gasteiger partial charge in [-0.1, -0.05) is 0 Å². The van der Waals surface area contributed by atoms with Crippen molar-refractivity contribution in [2.45, 2.75) is 4.90 Å². The summed E-state index contributed by atoms with van der Waals surface area (Å²) in [7, 11) is -3.71. The predicted molar refractivity (Wildman–Crippen MR) is 86.5 cm³/mol. The fraction of sp³-hybridized carbons (Fsp3) is 0. The predicted octanol–water partition coefficient (Wildman–Crippen LogP) is 1.11. The first-order chi connectivity index (χ1) is 12.1. The molecule has 0 aliphatic heterocycles. The fourth-order valence-corrected chi connectivity index (χ4v) is 2.42. The van der Waals surface area contributed by atoms with E-state index in [1.165, 1.54) is 16.8 Å². The molecule has 0 saturated heterocycles. The van der Waals surface area contributed by atoms with Crippen molar-refractivity contribution >= 4 is 10.0 Å². The van der Waals surface area contributed by atoms with E-state index in [-0.39, 0.29) is 22.0 Å². The van der Waals surface area contributed by atoms with E-state index >= 15 is 0 Å². The number of benzene rings is 1. The molecular weight excluding hydrogens is 392 g/mol. The largest absolute Gasteiger partial charge is 0.999 e. The zero-order valence-corrected chi connectivity index (χ0v) is 14.9. The molecule has 0 radical (unpaired) electrons. The van der Waals surface area contributed by atoms with Crippen molar-refractivity contribution in [1.29, 1.82) is 0 Å². The van der Waals surface area contributed by atoms with E-state index in [1.807, 2.05) is 0 Å². The number of nitrogens with zero attached hydrogens (tertiary/aromatic N) is 3. The van der Waals surface area contributed by atoms with Gasteiger partial charge >= 0.3 is 0 Å². The molecule has 3 aromatic carbocycles. The topological polar surface area (TPSA) is 90.9 Å². The van der Waals surface area contributed by atoms with Gasteiger partial charge in [0.25, 0.3) is 0 Å². The molecular formula is C18H8FeN4O2S-10. The van der Waals surface area contributed by atoms with Crippen LogP contribution >= 0.6 is 0 Å². The van der Waals surface area contributed by atoms with Crippen LogP contribution in [0.1, 0.15) is 0 Å². The van der Waals surface area contributed by atoms with E-state index in [0.717, 1.165) is 0 Å². The Morgan fingerprint density at radius 1 is 1.04 bits per heavy atom. The summed E-state index contributed by atoms with van der Waals surface area (Å²) in [5, 5.41) is 12.8. The molecule has 26 heavy (non-hydrogen) atoms. The Morgan fingerprint density at radius 2 is 1.65 bits per heavy atom. The van der Waals surface area contributed by atoms with Crippen molar-refractivity contribution in [1.82, 2.24) is 15.0 Å². The summed E-state index contributed by atoms with van der Waals surface area (Å²) in [5.74, 6) is 0. The third-order valence-corrected chi connectivity index (χ3v) is 3.93. The van der Waals surface area contributed by atoms with Crippen LogP contribution < -0.4 is 5.14 Å². The van der Waals surface area contributed by atoms with Crippen LogP contribution in [0.3, 0.4) is 0 Å². The standard InChI is InChI=1S/C13H7N4O2S.C5H.Fe/c14-20(18,19)12-7-5-11(6-8-12)17-13(9-15-16-17)10-3-1-2-4-10;1-2-4-5-3-1;/h5-9H,(H2,14,18,19);1H;/q2*-5;. The minimum absolute atomic E-state index is 0. The smallest absolute Gasteiger partial charge is 0.238 e. The summed E-state index contributed by atoms with van der Waals surface area (Å²) >= 11 is 0. The van der Waals surface area contributed by atoms with Gasteiger partial charge < -0.3 is 75.6 Å². The molecule has 6 nitrogen and oxygen atoms in total. The molecule has 0 fully saturated rings. The first-order valence-electron chi connectivity index (χ1n) is 6.82. The van der Waals surface area contributed by atoms with Crippen molar-refractivity contribution in [3.8, 4) is 16.9 Å². The minimum Gasteiger partial charge on any atom is -0.999 e. The summed E-state index contributed by atoms with van der Waals surface area (Å²) < 4.78 is 24.0. The average Bonchev–Trinajstić information content (AvgIpc) is 3.37. The van der Waals surface area contributed by atoms with Gasteiger partial charge in [0.05, 0.1) is 4.90 Å². The van der Waals surface area contributed by atoms with Gasteiger partial charge in [-0.25, -0.2) is 13.6 Å². The summed E-state index contributed by atoms with van der Waals surface area (Å²) in [6, 6.07) is 29.0. The normalized spacial score (nSPS) is 10.5. The van der Waals surface area contributed by atoms with E-state index in [2.05, 4.69) is 58.8 Å². The van der Waals surface area contributed by atoms with Crippen LogP contribution in [-0.4, -0.2) is 23.4 Å². The third-order valence-electron chi connectivity index (χ3n) is 3.00. The molecule has 0 atom stereocenters. The second-order valence-corrected chi connectivity index (χ2v) is 6.19. The first-order valence-corrected chi connectivity index (χ1v) is 8.36. The molecule has 1 aromatic heterocycles. The van der Waals surface area contributed by atoms with Crippen LogP contribution in [0.2, 0.25) is 0 Å². The SMILES string of the molecule is NS(=O)(=O)c1ccc(-n2nncc2-[c-]2[c-][c-][c-][c-]2)cc1.[Fe].[c-]1[c-][c-][cH-][c-]1. The summed E-state index contributed by atoms with van der Waals surface area (Å²) in [5.41, 5.74) is 1.93. The van der Waals surface area contributed by atoms with Crippen molar-refractivity contribution in [2.75, 3.05) is 0 Å². The monoisotopic (exact) mass is 400 g/mol. The average molecular weight is 400 g/mol. The third kappa shape index (κ3) is 4.77. The molecule has 1 heterocycles. The van der Waals surface area contributed by atoms with Crippen molar-refractivity contribution in [2.24, 2.45) is 5.14 Å². The Labute approximate surface area is 162 Å². The number of hydrogen-bond acceptors (Lipinski definition) is 4. The number of hydrogen-bond donors (Lipinski definition) is 1. The van der Waals surface area contributed by atoms with E-state index in [9.17, 15) is 8.42 Å². The number of sulfonamides is 1. The maximum Gasteiger partial charge on any atom is 0.238 e. The van der Waals surface area contributed by atoms with Crippen LogP contribution in [-0.2, 0) is 27.1 Å². The van der Waals surface area contributed by atoms with Crippen LogP contribution in [0.5, 0.6) is 0 Å². The second-order valence-electron chi connectivity index (χ2n) is 4.63. The fourth-order valence-electron chi connectivity index (χ4n) is 1.90. The Balaban J connectivity index is 0.000000351. The Morgan fingerprint density at radius 3 is 2.15 bits per heavy atom. The van der Waals surface area contributed by atoms with Gasteiger partial charge in [-0.15, -0.1) is 5.21 Å². The quantitative estimate of drug-likeness (QED) is 0.412. The van der Waals surface area contributed by atoms with Gasteiger partial charge in [-0.05, 0) is 24.3 Å².